The maximum atomic E-state index is 13.3. The van der Waals surface area contributed by atoms with Crippen LogP contribution in [-0.2, 0) is 4.79 Å². The second-order valence-corrected chi connectivity index (χ2v) is 8.54. The molecule has 1 saturated heterocycles. The number of likely N-dealkylation sites (tertiary alicyclic amines) is 1. The number of hydrogen-bond acceptors (Lipinski definition) is 4. The Morgan fingerprint density at radius 3 is 2.80 bits per heavy atom. The Morgan fingerprint density at radius 2 is 2.03 bits per heavy atom. The molecular weight excluding hydrogens is 380 g/mol. The summed E-state index contributed by atoms with van der Waals surface area (Å²) in [4.78, 5) is 31.9. The molecule has 3 amide bonds. The molecule has 0 unspecified atom stereocenters. The van der Waals surface area contributed by atoms with Crippen molar-refractivity contribution in [3.8, 4) is 5.75 Å². The third-order valence-electron chi connectivity index (χ3n) is 6.68. The molecule has 1 aromatic carbocycles. The molecule has 30 heavy (non-hydrogen) atoms. The number of methoxy groups -OCH3 is 1. The van der Waals surface area contributed by atoms with Crippen molar-refractivity contribution in [2.75, 3.05) is 40.3 Å². The summed E-state index contributed by atoms with van der Waals surface area (Å²) in [5.41, 5.74) is 2.35. The third kappa shape index (κ3) is 3.90. The van der Waals surface area contributed by atoms with Gasteiger partial charge in [-0.05, 0) is 50.4 Å². The topological polar surface area (TPSA) is 65.1 Å². The molecule has 3 aliphatic rings. The predicted octanol–water partition coefficient (Wildman–Crippen LogP) is 2.75. The molecule has 4 rings (SSSR count). The van der Waals surface area contributed by atoms with Crippen LogP contribution in [0.1, 0.15) is 44.2 Å². The Balaban J connectivity index is 1.48. The van der Waals surface area contributed by atoms with E-state index >= 15 is 0 Å². The van der Waals surface area contributed by atoms with E-state index in [1.54, 1.807) is 19.1 Å². The highest BCUT2D eigenvalue weighted by atomic mass is 16.5. The fraction of sp³-hybridized carbons (Fsp3) is 0.565. The lowest BCUT2D eigenvalue weighted by Crippen LogP contribution is -2.45. The molecule has 3 aliphatic heterocycles. The van der Waals surface area contributed by atoms with Crippen molar-refractivity contribution >= 4 is 11.9 Å². The van der Waals surface area contributed by atoms with Gasteiger partial charge in [-0.3, -0.25) is 9.69 Å². The first-order valence-corrected chi connectivity index (χ1v) is 10.9. The van der Waals surface area contributed by atoms with Crippen molar-refractivity contribution in [3.05, 3.63) is 41.1 Å². The van der Waals surface area contributed by atoms with Gasteiger partial charge in [-0.15, -0.1) is 0 Å². The number of nitrogens with one attached hydrogen (secondary N) is 1. The van der Waals surface area contributed by atoms with E-state index in [2.05, 4.69) is 17.1 Å². The summed E-state index contributed by atoms with van der Waals surface area (Å²) in [7, 11) is 3.35. The summed E-state index contributed by atoms with van der Waals surface area (Å²) < 4.78 is 5.33. The maximum absolute atomic E-state index is 13.3. The average molecular weight is 413 g/mol. The Labute approximate surface area is 178 Å². The van der Waals surface area contributed by atoms with Crippen molar-refractivity contribution in [2.24, 2.45) is 0 Å². The SMILES string of the molecule is COc1cccc([C@@H]2NC(=O)N(C)C3=C2C(=O)N(CCCN2CCCC[C@H]2C)C3)c1. The van der Waals surface area contributed by atoms with Crippen LogP contribution in [0.15, 0.2) is 35.5 Å². The predicted molar refractivity (Wildman–Crippen MR) is 115 cm³/mol. The first-order valence-electron chi connectivity index (χ1n) is 10.9. The molecule has 0 spiro atoms. The monoisotopic (exact) mass is 412 g/mol. The van der Waals surface area contributed by atoms with Crippen molar-refractivity contribution in [3.63, 3.8) is 0 Å². The van der Waals surface area contributed by atoms with Gasteiger partial charge in [0, 0.05) is 26.2 Å². The van der Waals surface area contributed by atoms with Crippen molar-refractivity contribution in [1.82, 2.24) is 20.0 Å². The van der Waals surface area contributed by atoms with E-state index in [1.165, 1.54) is 19.3 Å². The van der Waals surface area contributed by atoms with Crippen molar-refractivity contribution in [2.45, 2.75) is 44.7 Å². The molecule has 162 valence electrons. The van der Waals surface area contributed by atoms with Gasteiger partial charge in [0.15, 0.2) is 0 Å². The number of likely N-dealkylation sites (N-methyl/N-ethyl adjacent to an activating group) is 1. The molecular formula is C23H32N4O3. The summed E-state index contributed by atoms with van der Waals surface area (Å²) in [6, 6.07) is 7.56. The van der Waals surface area contributed by atoms with Crippen molar-refractivity contribution < 1.29 is 14.3 Å². The van der Waals surface area contributed by atoms with Crippen LogP contribution in [0.4, 0.5) is 4.79 Å². The highest BCUT2D eigenvalue weighted by molar-refractivity contribution is 6.01. The first kappa shape index (κ1) is 20.7. The van der Waals surface area contributed by atoms with E-state index in [-0.39, 0.29) is 11.9 Å². The minimum Gasteiger partial charge on any atom is -0.497 e. The molecule has 1 N–H and O–H groups in total. The standard InChI is InChI=1S/C23H32N4O3/c1-16-8-4-5-11-26(16)12-7-13-27-15-19-20(22(27)28)21(24-23(29)25(19)2)17-9-6-10-18(14-17)30-3/h6,9-10,14,16,21H,4-5,7-8,11-13,15H2,1-3H3,(H,24,29)/t16-,21+/m1/s1. The lowest BCUT2D eigenvalue weighted by atomic mass is 9.95. The fourth-order valence-corrected chi connectivity index (χ4v) is 4.83. The number of carbonyl (C=O) groups is 2. The summed E-state index contributed by atoms with van der Waals surface area (Å²) in [6.45, 7) is 5.67. The smallest absolute Gasteiger partial charge is 0.322 e. The van der Waals surface area contributed by atoms with E-state index in [0.29, 0.717) is 30.5 Å². The Kier molecular flexibility index (Phi) is 5.99. The summed E-state index contributed by atoms with van der Waals surface area (Å²) >= 11 is 0. The number of amides is 3. The summed E-state index contributed by atoms with van der Waals surface area (Å²) in [6.07, 6.45) is 4.80. The zero-order valence-electron chi connectivity index (χ0n) is 18.2. The normalized spacial score (nSPS) is 24.9. The Bertz CT molecular complexity index is 853. The van der Waals surface area contributed by atoms with Gasteiger partial charge in [0.1, 0.15) is 5.75 Å². The zero-order valence-corrected chi connectivity index (χ0v) is 18.2. The molecule has 3 heterocycles. The number of ether oxygens (including phenoxy) is 1. The van der Waals surface area contributed by atoms with E-state index < -0.39 is 6.04 Å². The average Bonchev–Trinajstić information content (AvgIpc) is 3.09. The number of nitrogens with zero attached hydrogens (tertiary/aromatic N) is 3. The van der Waals surface area contributed by atoms with Gasteiger partial charge in [0.05, 0.1) is 31.0 Å². The summed E-state index contributed by atoms with van der Waals surface area (Å²) in [5, 5.41) is 2.99. The lowest BCUT2D eigenvalue weighted by Gasteiger charge is -2.33. The van der Waals surface area contributed by atoms with Gasteiger partial charge in [-0.2, -0.15) is 0 Å². The minimum atomic E-state index is -0.446. The van der Waals surface area contributed by atoms with Crippen LogP contribution < -0.4 is 10.1 Å². The molecule has 0 radical (unpaired) electrons. The van der Waals surface area contributed by atoms with Gasteiger partial charge >= 0.3 is 6.03 Å². The van der Waals surface area contributed by atoms with Crippen LogP contribution in [0.25, 0.3) is 0 Å². The van der Waals surface area contributed by atoms with Crippen LogP contribution in [0.2, 0.25) is 0 Å². The highest BCUT2D eigenvalue weighted by Crippen LogP contribution is 2.36. The van der Waals surface area contributed by atoms with Crippen molar-refractivity contribution in [1.29, 1.82) is 0 Å². The quantitative estimate of drug-likeness (QED) is 0.780. The largest absolute Gasteiger partial charge is 0.497 e. The number of rotatable bonds is 6. The molecule has 0 bridgehead atoms. The van der Waals surface area contributed by atoms with Gasteiger partial charge in [-0.25, -0.2) is 4.79 Å². The molecule has 7 heteroatoms. The second kappa shape index (κ2) is 8.68. The van der Waals surface area contributed by atoms with Crippen LogP contribution in [-0.4, -0.2) is 73.0 Å². The van der Waals surface area contributed by atoms with E-state index in [4.69, 9.17) is 4.74 Å². The third-order valence-corrected chi connectivity index (χ3v) is 6.68. The Morgan fingerprint density at radius 1 is 1.20 bits per heavy atom. The van der Waals surface area contributed by atoms with Gasteiger partial charge in [0.25, 0.3) is 5.91 Å². The highest BCUT2D eigenvalue weighted by Gasteiger charge is 2.42. The molecule has 0 aliphatic carbocycles. The van der Waals surface area contributed by atoms with Gasteiger partial charge < -0.3 is 19.9 Å². The van der Waals surface area contributed by atoms with E-state index in [9.17, 15) is 9.59 Å². The molecule has 0 saturated carbocycles. The first-order chi connectivity index (χ1) is 14.5. The number of piperidine rings is 1. The minimum absolute atomic E-state index is 0.0244. The van der Waals surface area contributed by atoms with E-state index in [1.807, 2.05) is 29.2 Å². The van der Waals surface area contributed by atoms with Crippen LogP contribution >= 0.6 is 0 Å². The second-order valence-electron chi connectivity index (χ2n) is 8.54. The molecule has 7 nitrogen and oxygen atoms in total. The van der Waals surface area contributed by atoms with Crippen LogP contribution in [0.5, 0.6) is 5.75 Å². The molecule has 1 aromatic rings. The lowest BCUT2D eigenvalue weighted by molar-refractivity contribution is -0.125. The van der Waals surface area contributed by atoms with E-state index in [0.717, 1.165) is 30.8 Å². The fourth-order valence-electron chi connectivity index (χ4n) is 4.83. The maximum Gasteiger partial charge on any atom is 0.322 e. The zero-order chi connectivity index (χ0) is 21.3. The molecule has 1 fully saturated rings. The summed E-state index contributed by atoms with van der Waals surface area (Å²) in [5.74, 6) is 0.733. The van der Waals surface area contributed by atoms with Gasteiger partial charge in [0.2, 0.25) is 0 Å². The number of urea groups is 1. The molecule has 0 aromatic heterocycles. The number of carbonyl (C=O) groups excluding carboxylic acids is 2. The Hall–Kier alpha value is -2.54. The number of benzene rings is 1. The molecule has 2 atom stereocenters. The van der Waals surface area contributed by atoms with Gasteiger partial charge in [-0.1, -0.05) is 18.6 Å². The van der Waals surface area contributed by atoms with Crippen LogP contribution in [0.3, 0.4) is 0 Å². The van der Waals surface area contributed by atoms with Crippen LogP contribution in [0, 0.1) is 0 Å². The number of hydrogen-bond donors (Lipinski definition) is 1.